The van der Waals surface area contributed by atoms with Crippen molar-refractivity contribution in [2.24, 2.45) is 5.92 Å². The summed E-state index contributed by atoms with van der Waals surface area (Å²) in [6, 6.07) is 27.3. The first kappa shape index (κ1) is 28.3. The Labute approximate surface area is 238 Å². The van der Waals surface area contributed by atoms with Crippen molar-refractivity contribution in [2.45, 2.75) is 56.5 Å². The van der Waals surface area contributed by atoms with Crippen molar-refractivity contribution in [3.8, 4) is 5.75 Å². The maximum atomic E-state index is 13.3. The predicted molar refractivity (Wildman–Crippen MR) is 157 cm³/mol. The third-order valence-corrected chi connectivity index (χ3v) is 10.1. The number of carbonyl (C=O) groups excluding carboxylic acids is 1. The van der Waals surface area contributed by atoms with Crippen LogP contribution < -0.4 is 14.8 Å². The van der Waals surface area contributed by atoms with E-state index in [0.29, 0.717) is 30.3 Å². The van der Waals surface area contributed by atoms with Crippen molar-refractivity contribution in [2.75, 3.05) is 20.2 Å². The smallest absolute Gasteiger partial charge is 0.279 e. The van der Waals surface area contributed by atoms with E-state index in [0.717, 1.165) is 44.1 Å². The van der Waals surface area contributed by atoms with E-state index in [9.17, 15) is 13.2 Å². The highest BCUT2D eigenvalue weighted by Gasteiger charge is 2.34. The fourth-order valence-corrected chi connectivity index (χ4v) is 7.69. The van der Waals surface area contributed by atoms with Gasteiger partial charge in [-0.15, -0.1) is 0 Å². The largest absolute Gasteiger partial charge is 0.496 e. The van der Waals surface area contributed by atoms with Gasteiger partial charge in [0.05, 0.1) is 18.7 Å². The number of rotatable bonds is 9. The van der Waals surface area contributed by atoms with Crippen LogP contribution in [0.25, 0.3) is 0 Å². The summed E-state index contributed by atoms with van der Waals surface area (Å²) in [4.78, 5) is 13.3. The van der Waals surface area contributed by atoms with Gasteiger partial charge >= 0.3 is 0 Å². The fourth-order valence-electron chi connectivity index (χ4n) is 6.20. The molecule has 1 saturated heterocycles. The zero-order valence-corrected chi connectivity index (χ0v) is 23.9. The molecule has 1 aliphatic heterocycles. The first-order valence-electron chi connectivity index (χ1n) is 14.3. The molecule has 3 aromatic carbocycles. The second-order valence-corrected chi connectivity index (χ2v) is 12.6. The van der Waals surface area contributed by atoms with Gasteiger partial charge in [0.25, 0.3) is 16.1 Å². The molecule has 0 aromatic heterocycles. The molecule has 2 N–H and O–H groups in total. The normalized spacial score (nSPS) is 21.4. The van der Waals surface area contributed by atoms with Crippen LogP contribution >= 0.6 is 0 Å². The molecule has 1 atom stereocenters. The first-order chi connectivity index (χ1) is 19.4. The number of benzene rings is 3. The molecule has 1 saturated carbocycles. The van der Waals surface area contributed by atoms with Gasteiger partial charge in [0.1, 0.15) is 5.75 Å². The second-order valence-electron chi connectivity index (χ2n) is 10.9. The van der Waals surface area contributed by atoms with Gasteiger partial charge < -0.3 is 10.1 Å². The molecule has 0 spiro atoms. The van der Waals surface area contributed by atoms with Crippen molar-refractivity contribution in [1.82, 2.24) is 14.3 Å². The lowest BCUT2D eigenvalue weighted by Crippen LogP contribution is -2.49. The van der Waals surface area contributed by atoms with Crippen molar-refractivity contribution in [3.63, 3.8) is 0 Å². The van der Waals surface area contributed by atoms with Crippen LogP contribution in [-0.4, -0.2) is 44.9 Å². The van der Waals surface area contributed by atoms with E-state index >= 15 is 0 Å². The number of hydrogen-bond donors (Lipinski definition) is 2. The zero-order valence-electron chi connectivity index (χ0n) is 23.0. The first-order valence-corrected chi connectivity index (χ1v) is 15.7. The number of nitrogens with zero attached hydrogens (tertiary/aromatic N) is 1. The molecule has 7 nitrogen and oxygen atoms in total. The van der Waals surface area contributed by atoms with Crippen LogP contribution in [0, 0.1) is 5.92 Å². The number of para-hydroxylation sites is 1. The topological polar surface area (TPSA) is 87.7 Å². The molecule has 1 amide bonds. The van der Waals surface area contributed by atoms with Crippen LogP contribution in [0.5, 0.6) is 5.75 Å². The van der Waals surface area contributed by atoms with Crippen LogP contribution in [0.1, 0.15) is 72.0 Å². The third kappa shape index (κ3) is 6.74. The average Bonchev–Trinajstić information content (AvgIpc) is 3.01. The minimum atomic E-state index is -3.54. The molecule has 5 rings (SSSR count). The molecule has 8 heteroatoms. The van der Waals surface area contributed by atoms with Gasteiger partial charge in [0.2, 0.25) is 0 Å². The van der Waals surface area contributed by atoms with Gasteiger partial charge in [-0.3, -0.25) is 4.79 Å². The van der Waals surface area contributed by atoms with E-state index in [4.69, 9.17) is 4.74 Å². The summed E-state index contributed by atoms with van der Waals surface area (Å²) in [5.74, 6) is 0.971. The molecule has 212 valence electrons. The number of ether oxygens (including phenoxy) is 1. The SMILES string of the molecule is COc1ccccc1C(=O)NC(c1ccccc1)C1CCC(NS(=O)(=O)N2CCC(c3ccccc3)CC2)CC1. The summed E-state index contributed by atoms with van der Waals surface area (Å²) >= 11 is 0. The summed E-state index contributed by atoms with van der Waals surface area (Å²) < 4.78 is 36.5. The Morgan fingerprint density at radius 1 is 0.825 bits per heavy atom. The van der Waals surface area contributed by atoms with Gasteiger partial charge in [-0.05, 0) is 73.6 Å². The van der Waals surface area contributed by atoms with E-state index in [2.05, 4.69) is 22.2 Å². The summed E-state index contributed by atoms with van der Waals surface area (Å²) in [6.07, 6.45) is 4.77. The quantitative estimate of drug-likeness (QED) is 0.364. The molecular weight excluding hydrogens is 522 g/mol. The van der Waals surface area contributed by atoms with Crippen LogP contribution in [0.2, 0.25) is 0 Å². The Morgan fingerprint density at radius 2 is 1.43 bits per heavy atom. The molecular formula is C32H39N3O4S. The second kappa shape index (κ2) is 13.0. The minimum Gasteiger partial charge on any atom is -0.496 e. The molecule has 0 bridgehead atoms. The number of hydrogen-bond acceptors (Lipinski definition) is 4. The van der Waals surface area contributed by atoms with Gasteiger partial charge in [0, 0.05) is 19.1 Å². The lowest BCUT2D eigenvalue weighted by atomic mass is 9.79. The van der Waals surface area contributed by atoms with Crippen LogP contribution in [0.4, 0.5) is 0 Å². The number of amides is 1. The van der Waals surface area contributed by atoms with Crippen molar-refractivity contribution in [1.29, 1.82) is 0 Å². The Bertz CT molecular complexity index is 1350. The number of carbonyl (C=O) groups is 1. The fraction of sp³-hybridized carbons (Fsp3) is 0.406. The van der Waals surface area contributed by atoms with Crippen molar-refractivity contribution < 1.29 is 17.9 Å². The van der Waals surface area contributed by atoms with E-state index < -0.39 is 10.2 Å². The number of methoxy groups -OCH3 is 1. The maximum absolute atomic E-state index is 13.3. The van der Waals surface area contributed by atoms with Crippen LogP contribution in [-0.2, 0) is 10.2 Å². The molecule has 40 heavy (non-hydrogen) atoms. The zero-order chi connectivity index (χ0) is 28.0. The molecule has 3 aromatic rings. The molecule has 1 aliphatic carbocycles. The minimum absolute atomic E-state index is 0.102. The standard InChI is InChI=1S/C32H39N3O4S/c1-39-30-15-9-8-14-29(30)32(36)33-31(26-12-6-3-7-13-26)27-16-18-28(19-17-27)34-40(37,38)35-22-20-25(21-23-35)24-10-4-2-5-11-24/h2-15,25,27-28,31,34H,16-23H2,1H3,(H,33,36). The molecule has 1 unspecified atom stereocenters. The highest BCUT2D eigenvalue weighted by atomic mass is 32.2. The van der Waals surface area contributed by atoms with E-state index in [1.54, 1.807) is 23.5 Å². The summed E-state index contributed by atoms with van der Waals surface area (Å²) in [5, 5.41) is 3.26. The third-order valence-electron chi connectivity index (χ3n) is 8.42. The van der Waals surface area contributed by atoms with Gasteiger partial charge in [-0.25, -0.2) is 0 Å². The highest BCUT2D eigenvalue weighted by molar-refractivity contribution is 7.87. The molecule has 2 fully saturated rings. The van der Waals surface area contributed by atoms with E-state index in [1.165, 1.54) is 5.56 Å². The Balaban J connectivity index is 1.19. The van der Waals surface area contributed by atoms with E-state index in [-0.39, 0.29) is 23.9 Å². The Morgan fingerprint density at radius 3 is 2.08 bits per heavy atom. The van der Waals surface area contributed by atoms with Gasteiger partial charge in [-0.1, -0.05) is 72.8 Å². The molecule has 2 aliphatic rings. The Hall–Kier alpha value is -3.20. The highest BCUT2D eigenvalue weighted by Crippen LogP contribution is 2.36. The summed E-state index contributed by atoms with van der Waals surface area (Å²) in [7, 11) is -1.98. The maximum Gasteiger partial charge on any atom is 0.279 e. The summed E-state index contributed by atoms with van der Waals surface area (Å²) in [6.45, 7) is 1.07. The molecule has 0 radical (unpaired) electrons. The van der Waals surface area contributed by atoms with Crippen LogP contribution in [0.3, 0.4) is 0 Å². The van der Waals surface area contributed by atoms with Crippen molar-refractivity contribution >= 4 is 16.1 Å². The van der Waals surface area contributed by atoms with E-state index in [1.807, 2.05) is 60.7 Å². The van der Waals surface area contributed by atoms with Crippen LogP contribution in [0.15, 0.2) is 84.9 Å². The predicted octanol–water partition coefficient (Wildman–Crippen LogP) is 5.44. The van der Waals surface area contributed by atoms with Gasteiger partial charge in [0.15, 0.2) is 0 Å². The number of piperidine rings is 1. The van der Waals surface area contributed by atoms with Gasteiger partial charge in [-0.2, -0.15) is 17.4 Å². The lowest BCUT2D eigenvalue weighted by Gasteiger charge is -2.36. The van der Waals surface area contributed by atoms with Crippen molar-refractivity contribution in [3.05, 3.63) is 102 Å². The lowest BCUT2D eigenvalue weighted by molar-refractivity contribution is 0.0907. The number of nitrogens with one attached hydrogen (secondary N) is 2. The Kier molecular flexibility index (Phi) is 9.19. The monoisotopic (exact) mass is 561 g/mol. The molecule has 1 heterocycles. The average molecular weight is 562 g/mol. The summed E-state index contributed by atoms with van der Waals surface area (Å²) in [5.41, 5.74) is 2.84.